The summed E-state index contributed by atoms with van der Waals surface area (Å²) in [7, 11) is -3.39. The van der Waals surface area contributed by atoms with Gasteiger partial charge in [0, 0.05) is 18.9 Å². The molecule has 1 fully saturated rings. The zero-order valence-corrected chi connectivity index (χ0v) is 14.8. The first-order valence-electron chi connectivity index (χ1n) is 7.72. The average molecular weight is 371 g/mol. The van der Waals surface area contributed by atoms with Gasteiger partial charge < -0.3 is 9.72 Å². The fourth-order valence-electron chi connectivity index (χ4n) is 2.96. The van der Waals surface area contributed by atoms with Crippen LogP contribution < -0.4 is 5.32 Å². The Balaban J connectivity index is 1.69. The van der Waals surface area contributed by atoms with Crippen molar-refractivity contribution in [2.75, 3.05) is 12.8 Å². The highest BCUT2D eigenvalue weighted by Gasteiger charge is 2.34. The quantitative estimate of drug-likeness (QED) is 0.882. The largest absolute Gasteiger partial charge is 0.349 e. The maximum absolute atomic E-state index is 12.4. The molecule has 0 saturated carbocycles. The first-order chi connectivity index (χ1) is 11.3. The van der Waals surface area contributed by atoms with Crippen molar-refractivity contribution in [3.63, 3.8) is 0 Å². The number of imidazole rings is 1. The predicted molar refractivity (Wildman–Crippen MR) is 91.2 cm³/mol. The molecule has 1 amide bonds. The molecule has 0 aromatic carbocycles. The van der Waals surface area contributed by atoms with Crippen LogP contribution in [0, 0.1) is 0 Å². The molecule has 2 aromatic heterocycles. The van der Waals surface area contributed by atoms with Crippen LogP contribution in [-0.4, -0.2) is 46.9 Å². The zero-order valence-electron chi connectivity index (χ0n) is 13.3. The molecule has 1 aliphatic rings. The van der Waals surface area contributed by atoms with Crippen LogP contribution in [0.3, 0.4) is 0 Å². The monoisotopic (exact) mass is 370 g/mol. The van der Waals surface area contributed by atoms with Crippen molar-refractivity contribution in [3.05, 3.63) is 35.2 Å². The number of hydrogen-bond donors (Lipinski definition) is 1. The summed E-state index contributed by atoms with van der Waals surface area (Å²) in [5.74, 6) is -0.282. The molecule has 2 aromatic rings. The number of carbonyl (C=O) groups is 1. The molecule has 0 spiro atoms. The van der Waals surface area contributed by atoms with E-state index >= 15 is 0 Å². The van der Waals surface area contributed by atoms with Crippen LogP contribution in [0.4, 0.5) is 0 Å². The van der Waals surface area contributed by atoms with E-state index in [1.165, 1.54) is 4.31 Å². The van der Waals surface area contributed by atoms with E-state index in [0.717, 1.165) is 24.7 Å². The van der Waals surface area contributed by atoms with Crippen molar-refractivity contribution in [1.82, 2.24) is 19.0 Å². The number of sulfonamides is 1. The number of rotatable bonds is 4. The van der Waals surface area contributed by atoms with Gasteiger partial charge in [-0.25, -0.2) is 13.4 Å². The smallest absolute Gasteiger partial charge is 0.238 e. The van der Waals surface area contributed by atoms with Crippen molar-refractivity contribution in [1.29, 1.82) is 0 Å². The number of amides is 1. The number of piperidine rings is 1. The number of aromatic nitrogens is 2. The minimum Gasteiger partial charge on any atom is -0.349 e. The summed E-state index contributed by atoms with van der Waals surface area (Å²) in [5.41, 5.74) is 1.42. The zero-order chi connectivity index (χ0) is 17.3. The van der Waals surface area contributed by atoms with Crippen LogP contribution in [-0.2, 0) is 21.4 Å². The number of hydrogen-bond acceptors (Lipinski definition) is 4. The normalized spacial score (nSPS) is 19.5. The minimum atomic E-state index is -3.39. The summed E-state index contributed by atoms with van der Waals surface area (Å²) < 4.78 is 26.8. The summed E-state index contributed by atoms with van der Waals surface area (Å²) in [6.45, 7) is 0.635. The predicted octanol–water partition coefficient (Wildman–Crippen LogP) is 1.42. The van der Waals surface area contributed by atoms with Crippen molar-refractivity contribution in [2.24, 2.45) is 0 Å². The lowest BCUT2D eigenvalue weighted by Gasteiger charge is -2.32. The second-order valence-electron chi connectivity index (χ2n) is 5.95. The molecule has 130 valence electrons. The molecule has 1 atom stereocenters. The van der Waals surface area contributed by atoms with Gasteiger partial charge in [0.1, 0.15) is 11.7 Å². The molecule has 0 bridgehead atoms. The number of halogens is 1. The molecular formula is C15H19ClN4O3S. The second kappa shape index (κ2) is 6.70. The van der Waals surface area contributed by atoms with Gasteiger partial charge in [-0.2, -0.15) is 4.31 Å². The number of nitrogens with one attached hydrogen (secondary N) is 1. The van der Waals surface area contributed by atoms with E-state index in [-0.39, 0.29) is 12.5 Å². The Morgan fingerprint density at radius 2 is 2.17 bits per heavy atom. The van der Waals surface area contributed by atoms with Gasteiger partial charge in [-0.3, -0.25) is 4.79 Å². The van der Waals surface area contributed by atoms with Crippen molar-refractivity contribution >= 4 is 33.2 Å². The van der Waals surface area contributed by atoms with Crippen LogP contribution in [0.25, 0.3) is 5.65 Å². The highest BCUT2D eigenvalue weighted by molar-refractivity contribution is 7.88. The third-order valence-corrected chi connectivity index (χ3v) is 5.60. The number of carbonyl (C=O) groups excluding carboxylic acids is 1. The molecule has 1 saturated heterocycles. The lowest BCUT2D eigenvalue weighted by Crippen LogP contribution is -2.51. The standard InChI is InChI=1S/C15H19ClN4O3S/c1-24(22,23)20-7-3-2-4-13(20)15(21)17-8-12-10-19-9-11(16)5-6-14(19)18-12/h5-6,9-10,13H,2-4,7-8H2,1H3,(H,17,21). The lowest BCUT2D eigenvalue weighted by molar-refractivity contribution is -0.125. The molecule has 1 aliphatic heterocycles. The van der Waals surface area contributed by atoms with Gasteiger partial charge in [0.15, 0.2) is 0 Å². The van der Waals surface area contributed by atoms with Crippen molar-refractivity contribution < 1.29 is 13.2 Å². The van der Waals surface area contributed by atoms with E-state index in [0.29, 0.717) is 23.7 Å². The SMILES string of the molecule is CS(=O)(=O)N1CCCCC1C(=O)NCc1cn2cc(Cl)ccc2n1. The van der Waals surface area contributed by atoms with Gasteiger partial charge in [-0.15, -0.1) is 0 Å². The molecule has 0 aliphatic carbocycles. The van der Waals surface area contributed by atoms with Crippen LogP contribution >= 0.6 is 11.6 Å². The van der Waals surface area contributed by atoms with Crippen LogP contribution in [0.5, 0.6) is 0 Å². The minimum absolute atomic E-state index is 0.242. The maximum Gasteiger partial charge on any atom is 0.238 e. The molecule has 3 heterocycles. The van der Waals surface area contributed by atoms with Gasteiger partial charge in [-0.05, 0) is 25.0 Å². The van der Waals surface area contributed by atoms with E-state index in [4.69, 9.17) is 11.6 Å². The van der Waals surface area contributed by atoms with Gasteiger partial charge in [0.05, 0.1) is 23.5 Å². The number of pyridine rings is 1. The van der Waals surface area contributed by atoms with E-state index in [9.17, 15) is 13.2 Å². The van der Waals surface area contributed by atoms with E-state index in [1.54, 1.807) is 28.9 Å². The second-order valence-corrected chi connectivity index (χ2v) is 8.32. The summed E-state index contributed by atoms with van der Waals surface area (Å²) in [6.07, 6.45) is 6.84. The fraction of sp³-hybridized carbons (Fsp3) is 0.467. The fourth-order valence-corrected chi connectivity index (χ4v) is 4.25. The first kappa shape index (κ1) is 17.2. The molecule has 7 nitrogen and oxygen atoms in total. The lowest BCUT2D eigenvalue weighted by atomic mass is 10.0. The molecule has 1 N–H and O–H groups in total. The highest BCUT2D eigenvalue weighted by Crippen LogP contribution is 2.20. The summed E-state index contributed by atoms with van der Waals surface area (Å²) in [4.78, 5) is 16.8. The van der Waals surface area contributed by atoms with Gasteiger partial charge in [-0.1, -0.05) is 18.0 Å². The van der Waals surface area contributed by atoms with E-state index in [1.807, 2.05) is 0 Å². The van der Waals surface area contributed by atoms with Gasteiger partial charge >= 0.3 is 0 Å². The molecule has 0 radical (unpaired) electrons. The Morgan fingerprint density at radius 3 is 2.92 bits per heavy atom. The molecule has 3 rings (SSSR count). The maximum atomic E-state index is 12.4. The Kier molecular flexibility index (Phi) is 4.80. The molecule has 1 unspecified atom stereocenters. The van der Waals surface area contributed by atoms with Crippen LogP contribution in [0.2, 0.25) is 5.02 Å². The summed E-state index contributed by atoms with van der Waals surface area (Å²) in [5, 5.41) is 3.39. The van der Waals surface area contributed by atoms with Crippen molar-refractivity contribution in [3.8, 4) is 0 Å². The van der Waals surface area contributed by atoms with Gasteiger partial charge in [0.2, 0.25) is 15.9 Å². The third-order valence-electron chi connectivity index (χ3n) is 4.09. The Hall–Kier alpha value is -1.64. The van der Waals surface area contributed by atoms with Crippen LogP contribution in [0.15, 0.2) is 24.5 Å². The third kappa shape index (κ3) is 3.71. The van der Waals surface area contributed by atoms with E-state index in [2.05, 4.69) is 10.3 Å². The topological polar surface area (TPSA) is 83.8 Å². The Labute approximate surface area is 145 Å². The van der Waals surface area contributed by atoms with Gasteiger partial charge in [0.25, 0.3) is 0 Å². The first-order valence-corrected chi connectivity index (χ1v) is 9.95. The Morgan fingerprint density at radius 1 is 1.38 bits per heavy atom. The molecule has 9 heteroatoms. The molecule has 24 heavy (non-hydrogen) atoms. The van der Waals surface area contributed by atoms with Crippen molar-refractivity contribution in [2.45, 2.75) is 31.8 Å². The number of fused-ring (bicyclic) bond motifs is 1. The average Bonchev–Trinajstić information content (AvgIpc) is 2.93. The number of nitrogens with zero attached hydrogens (tertiary/aromatic N) is 3. The summed E-state index contributed by atoms with van der Waals surface area (Å²) >= 11 is 5.93. The summed E-state index contributed by atoms with van der Waals surface area (Å²) in [6, 6.07) is 2.90. The Bertz CT molecular complexity index is 865. The van der Waals surface area contributed by atoms with E-state index < -0.39 is 16.1 Å². The van der Waals surface area contributed by atoms with Crippen LogP contribution in [0.1, 0.15) is 25.0 Å². The molecular weight excluding hydrogens is 352 g/mol. The highest BCUT2D eigenvalue weighted by atomic mass is 35.5.